The van der Waals surface area contributed by atoms with E-state index >= 15 is 0 Å². The number of carbonyl (C=O) groups excluding carboxylic acids is 2. The number of rotatable bonds is 5. The maximum absolute atomic E-state index is 11.8. The van der Waals surface area contributed by atoms with E-state index < -0.39 is 0 Å². The van der Waals surface area contributed by atoms with E-state index in [1.54, 1.807) is 18.2 Å². The third kappa shape index (κ3) is 3.65. The normalized spacial score (nSPS) is 9.67. The number of nitrogens with one attached hydrogen (secondary N) is 1. The van der Waals surface area contributed by atoms with Gasteiger partial charge in [0.2, 0.25) is 0 Å². The van der Waals surface area contributed by atoms with Gasteiger partial charge < -0.3 is 20.5 Å². The number of methoxy groups -OCH3 is 2. The van der Waals surface area contributed by atoms with E-state index in [9.17, 15) is 9.59 Å². The van der Waals surface area contributed by atoms with Gasteiger partial charge in [0, 0.05) is 18.3 Å². The molecule has 1 amide bonds. The fourth-order valence-electron chi connectivity index (χ4n) is 1.37. The Morgan fingerprint density at radius 2 is 2.06 bits per heavy atom. The van der Waals surface area contributed by atoms with Crippen molar-refractivity contribution in [2.45, 2.75) is 6.42 Å². The summed E-state index contributed by atoms with van der Waals surface area (Å²) in [7, 11) is 2.76. The Kier molecular flexibility index (Phi) is 4.98. The van der Waals surface area contributed by atoms with Crippen LogP contribution in [-0.4, -0.2) is 32.6 Å². The monoisotopic (exact) mass is 252 g/mol. The van der Waals surface area contributed by atoms with Crippen LogP contribution in [-0.2, 0) is 9.53 Å². The number of benzene rings is 1. The third-order valence-corrected chi connectivity index (χ3v) is 2.31. The number of esters is 1. The van der Waals surface area contributed by atoms with E-state index in [-0.39, 0.29) is 24.8 Å². The predicted molar refractivity (Wildman–Crippen MR) is 66.4 cm³/mol. The summed E-state index contributed by atoms with van der Waals surface area (Å²) in [6, 6.07) is 4.74. The zero-order valence-corrected chi connectivity index (χ0v) is 10.4. The van der Waals surface area contributed by atoms with Crippen LogP contribution in [0.15, 0.2) is 18.2 Å². The molecule has 0 unspecified atom stereocenters. The quantitative estimate of drug-likeness (QED) is 0.590. The Labute approximate surface area is 105 Å². The molecule has 0 aliphatic carbocycles. The lowest BCUT2D eigenvalue weighted by Gasteiger charge is -2.09. The minimum absolute atomic E-state index is 0.125. The highest BCUT2D eigenvalue weighted by atomic mass is 16.5. The number of amides is 1. The van der Waals surface area contributed by atoms with E-state index in [4.69, 9.17) is 10.5 Å². The molecule has 1 aromatic rings. The van der Waals surface area contributed by atoms with Gasteiger partial charge in [-0.05, 0) is 12.1 Å². The van der Waals surface area contributed by atoms with Crippen molar-refractivity contribution >= 4 is 17.6 Å². The Bertz CT molecular complexity index is 446. The smallest absolute Gasteiger partial charge is 0.307 e. The molecule has 0 aliphatic rings. The summed E-state index contributed by atoms with van der Waals surface area (Å²) in [5, 5.41) is 2.60. The first kappa shape index (κ1) is 13.8. The Morgan fingerprint density at radius 1 is 1.33 bits per heavy atom. The van der Waals surface area contributed by atoms with Gasteiger partial charge in [-0.15, -0.1) is 0 Å². The summed E-state index contributed by atoms with van der Waals surface area (Å²) in [6.07, 6.45) is 0.125. The number of hydrogen-bond acceptors (Lipinski definition) is 5. The van der Waals surface area contributed by atoms with Crippen LogP contribution in [0.1, 0.15) is 16.8 Å². The Morgan fingerprint density at radius 3 is 2.67 bits per heavy atom. The zero-order valence-electron chi connectivity index (χ0n) is 10.4. The van der Waals surface area contributed by atoms with Crippen LogP contribution in [0.3, 0.4) is 0 Å². The van der Waals surface area contributed by atoms with Crippen LogP contribution < -0.4 is 15.8 Å². The molecule has 0 heterocycles. The van der Waals surface area contributed by atoms with Gasteiger partial charge in [-0.2, -0.15) is 0 Å². The fourth-order valence-corrected chi connectivity index (χ4v) is 1.37. The lowest BCUT2D eigenvalue weighted by atomic mass is 10.1. The van der Waals surface area contributed by atoms with Crippen LogP contribution in [0, 0.1) is 0 Å². The average Bonchev–Trinajstić information content (AvgIpc) is 2.37. The minimum Gasteiger partial charge on any atom is -0.496 e. The molecule has 18 heavy (non-hydrogen) atoms. The second-order valence-electron chi connectivity index (χ2n) is 3.54. The molecule has 0 spiro atoms. The van der Waals surface area contributed by atoms with Gasteiger partial charge in [-0.3, -0.25) is 9.59 Å². The molecule has 98 valence electrons. The van der Waals surface area contributed by atoms with Crippen molar-refractivity contribution in [1.29, 1.82) is 0 Å². The van der Waals surface area contributed by atoms with E-state index in [1.807, 2.05) is 0 Å². The van der Waals surface area contributed by atoms with Gasteiger partial charge in [0.15, 0.2) is 0 Å². The molecule has 0 saturated carbocycles. The van der Waals surface area contributed by atoms with Crippen molar-refractivity contribution in [2.24, 2.45) is 0 Å². The van der Waals surface area contributed by atoms with Crippen molar-refractivity contribution in [2.75, 3.05) is 26.5 Å². The summed E-state index contributed by atoms with van der Waals surface area (Å²) < 4.78 is 9.53. The summed E-state index contributed by atoms with van der Waals surface area (Å²) in [6.45, 7) is 0.207. The van der Waals surface area contributed by atoms with Crippen molar-refractivity contribution in [3.8, 4) is 5.75 Å². The van der Waals surface area contributed by atoms with E-state index in [2.05, 4.69) is 10.1 Å². The van der Waals surface area contributed by atoms with Crippen molar-refractivity contribution < 1.29 is 19.1 Å². The molecule has 6 nitrogen and oxygen atoms in total. The van der Waals surface area contributed by atoms with Crippen molar-refractivity contribution in [1.82, 2.24) is 5.32 Å². The zero-order chi connectivity index (χ0) is 13.5. The number of ether oxygens (including phenoxy) is 2. The first-order chi connectivity index (χ1) is 8.58. The average molecular weight is 252 g/mol. The highest BCUT2D eigenvalue weighted by Gasteiger charge is 2.12. The molecule has 0 bridgehead atoms. The Hall–Kier alpha value is -2.24. The first-order valence-electron chi connectivity index (χ1n) is 5.37. The maximum atomic E-state index is 11.8. The summed E-state index contributed by atoms with van der Waals surface area (Å²) in [4.78, 5) is 22.7. The van der Waals surface area contributed by atoms with Crippen LogP contribution in [0.4, 0.5) is 5.69 Å². The SMILES string of the molecule is COC(=O)CCNC(=O)c1ccc(N)cc1OC. The van der Waals surface area contributed by atoms with Gasteiger partial charge in [-0.25, -0.2) is 0 Å². The molecule has 0 saturated heterocycles. The largest absolute Gasteiger partial charge is 0.496 e. The molecule has 6 heteroatoms. The number of carbonyl (C=O) groups is 2. The van der Waals surface area contributed by atoms with Crippen LogP contribution in [0.25, 0.3) is 0 Å². The van der Waals surface area contributed by atoms with E-state index in [1.165, 1.54) is 14.2 Å². The maximum Gasteiger partial charge on any atom is 0.307 e. The van der Waals surface area contributed by atoms with E-state index in [0.717, 1.165) is 0 Å². The lowest BCUT2D eigenvalue weighted by Crippen LogP contribution is -2.26. The topological polar surface area (TPSA) is 90.7 Å². The number of hydrogen-bond donors (Lipinski definition) is 2. The highest BCUT2D eigenvalue weighted by Crippen LogP contribution is 2.21. The predicted octanol–water partition coefficient (Wildman–Crippen LogP) is 0.570. The fraction of sp³-hybridized carbons (Fsp3) is 0.333. The lowest BCUT2D eigenvalue weighted by molar-refractivity contribution is -0.140. The Balaban J connectivity index is 2.64. The summed E-state index contributed by atoms with van der Waals surface area (Å²) in [5.74, 6) is -0.305. The molecule has 0 aromatic heterocycles. The first-order valence-corrected chi connectivity index (χ1v) is 5.37. The van der Waals surface area contributed by atoms with Gasteiger partial charge in [0.05, 0.1) is 26.2 Å². The van der Waals surface area contributed by atoms with Gasteiger partial charge >= 0.3 is 5.97 Å². The van der Waals surface area contributed by atoms with Crippen molar-refractivity contribution in [3.05, 3.63) is 23.8 Å². The molecule has 1 rings (SSSR count). The van der Waals surface area contributed by atoms with Gasteiger partial charge in [0.1, 0.15) is 5.75 Å². The molecule has 3 N–H and O–H groups in total. The molecular formula is C12H16N2O4. The standard InChI is InChI=1S/C12H16N2O4/c1-17-10-7-8(13)3-4-9(10)12(16)14-6-5-11(15)18-2/h3-4,7H,5-6,13H2,1-2H3,(H,14,16). The number of anilines is 1. The van der Waals surface area contributed by atoms with Crippen LogP contribution in [0.5, 0.6) is 5.75 Å². The number of nitrogens with two attached hydrogens (primary N) is 1. The molecule has 1 aromatic carbocycles. The molecule has 0 aliphatic heterocycles. The second-order valence-corrected chi connectivity index (χ2v) is 3.54. The minimum atomic E-state index is -0.375. The molecule has 0 radical (unpaired) electrons. The number of nitrogen functional groups attached to an aromatic ring is 1. The van der Waals surface area contributed by atoms with Gasteiger partial charge in [-0.1, -0.05) is 0 Å². The summed E-state index contributed by atoms with van der Waals surface area (Å²) in [5.41, 5.74) is 6.47. The molecule has 0 fully saturated rings. The second kappa shape index (κ2) is 6.48. The molecular weight excluding hydrogens is 236 g/mol. The van der Waals surface area contributed by atoms with Crippen molar-refractivity contribution in [3.63, 3.8) is 0 Å². The highest BCUT2D eigenvalue weighted by molar-refractivity contribution is 5.97. The van der Waals surface area contributed by atoms with Crippen LogP contribution >= 0.6 is 0 Å². The summed E-state index contributed by atoms with van der Waals surface area (Å²) >= 11 is 0. The van der Waals surface area contributed by atoms with Crippen LogP contribution in [0.2, 0.25) is 0 Å². The third-order valence-electron chi connectivity index (χ3n) is 2.31. The van der Waals surface area contributed by atoms with Gasteiger partial charge in [0.25, 0.3) is 5.91 Å². The van der Waals surface area contributed by atoms with E-state index in [0.29, 0.717) is 17.0 Å². The molecule has 0 atom stereocenters.